The maximum absolute atomic E-state index is 12.9. The van der Waals surface area contributed by atoms with Gasteiger partial charge in [-0.25, -0.2) is 0 Å². The van der Waals surface area contributed by atoms with E-state index in [2.05, 4.69) is 4.90 Å². The van der Waals surface area contributed by atoms with Crippen LogP contribution < -0.4 is 0 Å². The fraction of sp³-hybridized carbons (Fsp3) is 0.417. The average molecular weight is 396 g/mol. The van der Waals surface area contributed by atoms with Crippen LogP contribution in [0.2, 0.25) is 5.02 Å². The van der Waals surface area contributed by atoms with Crippen molar-refractivity contribution in [2.45, 2.75) is 51.0 Å². The highest BCUT2D eigenvalue weighted by molar-refractivity contribution is 6.32. The Morgan fingerprint density at radius 1 is 0.964 bits per heavy atom. The van der Waals surface area contributed by atoms with Crippen LogP contribution in [0.5, 0.6) is 0 Å². The van der Waals surface area contributed by atoms with Crippen LogP contribution in [0.15, 0.2) is 48.5 Å². The van der Waals surface area contributed by atoms with Gasteiger partial charge in [-0.3, -0.25) is 9.59 Å². The molecule has 0 N–H and O–H groups in total. The Kier molecular flexibility index (Phi) is 5.82. The summed E-state index contributed by atoms with van der Waals surface area (Å²) >= 11 is 6.50. The SMILES string of the molecule is O=C(c1ccccc1)c1ccc(CC2CCN(C3CCCCC3)C2=O)c(Cl)c1. The van der Waals surface area contributed by atoms with Gasteiger partial charge in [-0.1, -0.05) is 73.3 Å². The van der Waals surface area contributed by atoms with E-state index in [-0.39, 0.29) is 17.6 Å². The fourth-order valence-corrected chi connectivity index (χ4v) is 4.84. The highest BCUT2D eigenvalue weighted by Gasteiger charge is 2.36. The lowest BCUT2D eigenvalue weighted by Gasteiger charge is -2.31. The summed E-state index contributed by atoms with van der Waals surface area (Å²) in [6, 6.07) is 15.1. The van der Waals surface area contributed by atoms with Gasteiger partial charge < -0.3 is 4.90 Å². The van der Waals surface area contributed by atoms with E-state index >= 15 is 0 Å². The lowest BCUT2D eigenvalue weighted by atomic mass is 9.93. The van der Waals surface area contributed by atoms with Crippen molar-refractivity contribution < 1.29 is 9.59 Å². The molecule has 1 saturated carbocycles. The molecule has 1 aliphatic carbocycles. The molecular weight excluding hydrogens is 370 g/mol. The zero-order valence-electron chi connectivity index (χ0n) is 16.1. The van der Waals surface area contributed by atoms with Gasteiger partial charge in [-0.05, 0) is 37.3 Å². The summed E-state index contributed by atoms with van der Waals surface area (Å²) in [4.78, 5) is 27.6. The largest absolute Gasteiger partial charge is 0.339 e. The molecule has 2 aliphatic rings. The molecule has 1 aliphatic heterocycles. The quantitative estimate of drug-likeness (QED) is 0.644. The topological polar surface area (TPSA) is 37.4 Å². The van der Waals surface area contributed by atoms with Crippen LogP contribution in [0.1, 0.15) is 60.0 Å². The van der Waals surface area contributed by atoms with Crippen LogP contribution in [0, 0.1) is 5.92 Å². The van der Waals surface area contributed by atoms with Crippen LogP contribution in [0.4, 0.5) is 0 Å². The molecule has 1 saturated heterocycles. The highest BCUT2D eigenvalue weighted by Crippen LogP contribution is 2.32. The molecule has 1 unspecified atom stereocenters. The molecule has 0 spiro atoms. The molecule has 0 aromatic heterocycles. The minimum absolute atomic E-state index is 0.00935. The van der Waals surface area contributed by atoms with Gasteiger partial charge >= 0.3 is 0 Å². The maximum atomic E-state index is 12.9. The van der Waals surface area contributed by atoms with Gasteiger partial charge in [-0.2, -0.15) is 0 Å². The molecule has 0 radical (unpaired) electrons. The zero-order valence-corrected chi connectivity index (χ0v) is 16.8. The maximum Gasteiger partial charge on any atom is 0.226 e. The number of hydrogen-bond acceptors (Lipinski definition) is 2. The standard InChI is InChI=1S/C24H26ClNO2/c25-22-16-19(23(27)17-7-3-1-4-8-17)12-11-18(22)15-20-13-14-26(24(20)28)21-9-5-2-6-10-21/h1,3-4,7-8,11-12,16,20-21H,2,5-6,9-10,13-15H2. The molecule has 2 fully saturated rings. The first-order valence-corrected chi connectivity index (χ1v) is 10.7. The van der Waals surface area contributed by atoms with Crippen molar-refractivity contribution in [2.24, 2.45) is 5.92 Å². The lowest BCUT2D eigenvalue weighted by Crippen LogP contribution is -2.39. The van der Waals surface area contributed by atoms with E-state index in [0.29, 0.717) is 28.6 Å². The van der Waals surface area contributed by atoms with E-state index in [0.717, 1.165) is 31.4 Å². The minimum Gasteiger partial charge on any atom is -0.339 e. The van der Waals surface area contributed by atoms with Crippen LogP contribution in [0.25, 0.3) is 0 Å². The third kappa shape index (κ3) is 4.00. The van der Waals surface area contributed by atoms with Crippen LogP contribution in [-0.4, -0.2) is 29.2 Å². The van der Waals surface area contributed by atoms with Gasteiger partial charge in [0.1, 0.15) is 0 Å². The first-order chi connectivity index (χ1) is 13.6. The van der Waals surface area contributed by atoms with Crippen molar-refractivity contribution in [2.75, 3.05) is 6.54 Å². The second-order valence-corrected chi connectivity index (χ2v) is 8.42. The third-order valence-corrected chi connectivity index (χ3v) is 6.54. The summed E-state index contributed by atoms with van der Waals surface area (Å²) in [6.07, 6.45) is 7.62. The monoisotopic (exact) mass is 395 g/mol. The first kappa shape index (κ1) is 19.2. The molecule has 4 rings (SSSR count). The number of halogens is 1. The van der Waals surface area contributed by atoms with Crippen molar-refractivity contribution in [3.8, 4) is 0 Å². The van der Waals surface area contributed by atoms with Crippen LogP contribution in [-0.2, 0) is 11.2 Å². The number of likely N-dealkylation sites (tertiary alicyclic amines) is 1. The number of amides is 1. The molecule has 1 atom stereocenters. The molecule has 146 valence electrons. The van der Waals surface area contributed by atoms with E-state index < -0.39 is 0 Å². The van der Waals surface area contributed by atoms with Crippen molar-refractivity contribution in [3.05, 3.63) is 70.2 Å². The molecular formula is C24H26ClNO2. The molecule has 2 aromatic carbocycles. The molecule has 1 amide bonds. The third-order valence-electron chi connectivity index (χ3n) is 6.18. The van der Waals surface area contributed by atoms with E-state index in [1.807, 2.05) is 30.3 Å². The number of benzene rings is 2. The summed E-state index contributed by atoms with van der Waals surface area (Å²) in [5.74, 6) is 0.261. The summed E-state index contributed by atoms with van der Waals surface area (Å²) in [7, 11) is 0. The Bertz CT molecular complexity index is 858. The fourth-order valence-electron chi connectivity index (χ4n) is 4.58. The second kappa shape index (κ2) is 8.48. The predicted molar refractivity (Wildman–Crippen MR) is 112 cm³/mol. The van der Waals surface area contributed by atoms with Gasteiger partial charge in [0.2, 0.25) is 5.91 Å². The normalized spacial score (nSPS) is 20.5. The van der Waals surface area contributed by atoms with Gasteiger partial charge in [-0.15, -0.1) is 0 Å². The zero-order chi connectivity index (χ0) is 19.5. The number of nitrogens with zero attached hydrogens (tertiary/aromatic N) is 1. The Hall–Kier alpha value is -2.13. The second-order valence-electron chi connectivity index (χ2n) is 8.01. The predicted octanol–water partition coefficient (Wildman–Crippen LogP) is 5.29. The Balaban J connectivity index is 1.44. The molecule has 3 nitrogen and oxygen atoms in total. The summed E-state index contributed by atoms with van der Waals surface area (Å²) < 4.78 is 0. The summed E-state index contributed by atoms with van der Waals surface area (Å²) in [5, 5.41) is 0.575. The summed E-state index contributed by atoms with van der Waals surface area (Å²) in [6.45, 7) is 0.871. The van der Waals surface area contributed by atoms with Gasteiger partial charge in [0, 0.05) is 34.7 Å². The van der Waals surface area contributed by atoms with E-state index in [4.69, 9.17) is 11.6 Å². The van der Waals surface area contributed by atoms with Crippen LogP contribution in [0.3, 0.4) is 0 Å². The number of carbonyl (C=O) groups is 2. The van der Waals surface area contributed by atoms with Crippen molar-refractivity contribution in [3.63, 3.8) is 0 Å². The Labute approximate surface area is 171 Å². The highest BCUT2D eigenvalue weighted by atomic mass is 35.5. The number of carbonyl (C=O) groups excluding carboxylic acids is 2. The number of ketones is 1. The Morgan fingerprint density at radius 2 is 1.71 bits per heavy atom. The molecule has 2 aromatic rings. The lowest BCUT2D eigenvalue weighted by molar-refractivity contribution is -0.133. The van der Waals surface area contributed by atoms with Crippen molar-refractivity contribution in [1.82, 2.24) is 4.90 Å². The van der Waals surface area contributed by atoms with Crippen molar-refractivity contribution >= 4 is 23.3 Å². The Morgan fingerprint density at radius 3 is 2.43 bits per heavy atom. The summed E-state index contributed by atoms with van der Waals surface area (Å²) in [5.41, 5.74) is 2.19. The average Bonchev–Trinajstić information content (AvgIpc) is 3.10. The van der Waals surface area contributed by atoms with Crippen molar-refractivity contribution in [1.29, 1.82) is 0 Å². The molecule has 4 heteroatoms. The minimum atomic E-state index is -0.0329. The van der Waals surface area contributed by atoms with Gasteiger partial charge in [0.15, 0.2) is 5.78 Å². The molecule has 0 bridgehead atoms. The number of hydrogen-bond donors (Lipinski definition) is 0. The van der Waals surface area contributed by atoms with Gasteiger partial charge in [0.05, 0.1) is 0 Å². The van der Waals surface area contributed by atoms with E-state index in [1.165, 1.54) is 19.3 Å². The first-order valence-electron chi connectivity index (χ1n) is 10.3. The van der Waals surface area contributed by atoms with E-state index in [1.54, 1.807) is 18.2 Å². The van der Waals surface area contributed by atoms with Crippen LogP contribution >= 0.6 is 11.6 Å². The van der Waals surface area contributed by atoms with Gasteiger partial charge in [0.25, 0.3) is 0 Å². The molecule has 1 heterocycles. The smallest absolute Gasteiger partial charge is 0.226 e. The number of rotatable bonds is 5. The van der Waals surface area contributed by atoms with E-state index in [9.17, 15) is 9.59 Å². The molecule has 28 heavy (non-hydrogen) atoms.